The summed E-state index contributed by atoms with van der Waals surface area (Å²) in [4.78, 5) is 22.1. The number of carbonyl (C=O) groups excluding carboxylic acids is 1. The summed E-state index contributed by atoms with van der Waals surface area (Å²) in [5.41, 5.74) is 0.706. The first-order valence-corrected chi connectivity index (χ1v) is 9.49. The summed E-state index contributed by atoms with van der Waals surface area (Å²) in [6.45, 7) is 11.3. The van der Waals surface area contributed by atoms with E-state index in [1.807, 2.05) is 23.1 Å². The van der Waals surface area contributed by atoms with Crippen LogP contribution >= 0.6 is 11.6 Å². The van der Waals surface area contributed by atoms with Crippen LogP contribution in [0, 0.1) is 0 Å². The van der Waals surface area contributed by atoms with Crippen molar-refractivity contribution < 1.29 is 4.79 Å². The van der Waals surface area contributed by atoms with Gasteiger partial charge in [0.05, 0.1) is 5.54 Å². The molecule has 0 radical (unpaired) electrons. The fourth-order valence-electron chi connectivity index (χ4n) is 3.73. The lowest BCUT2D eigenvalue weighted by Gasteiger charge is -2.46. The Morgan fingerprint density at radius 1 is 1.00 bits per heavy atom. The number of anilines is 1. The van der Waals surface area contributed by atoms with Gasteiger partial charge in [0.2, 0.25) is 5.91 Å². The van der Waals surface area contributed by atoms with Crippen molar-refractivity contribution >= 4 is 23.2 Å². The fourth-order valence-corrected chi connectivity index (χ4v) is 3.91. The van der Waals surface area contributed by atoms with Gasteiger partial charge < -0.3 is 14.7 Å². The standard InChI is InChI=1S/C19H29ClN4O/c1-19(2,24-13-7-21(3)8-14-24)18(25)23-11-9-22(10-12-23)17-6-4-5-16(20)15-17/h4-6,15H,7-14H2,1-3H3. The maximum atomic E-state index is 13.1. The minimum atomic E-state index is -0.431. The average molecular weight is 365 g/mol. The molecule has 1 aromatic carbocycles. The van der Waals surface area contributed by atoms with E-state index in [9.17, 15) is 4.79 Å². The molecule has 1 aromatic rings. The van der Waals surface area contributed by atoms with Crippen LogP contribution in [-0.2, 0) is 4.79 Å². The molecule has 0 unspecified atom stereocenters. The third-order valence-corrected chi connectivity index (χ3v) is 5.79. The minimum Gasteiger partial charge on any atom is -0.368 e. The summed E-state index contributed by atoms with van der Waals surface area (Å²) in [7, 11) is 2.14. The van der Waals surface area contributed by atoms with Gasteiger partial charge in [0, 0.05) is 63.1 Å². The molecule has 2 aliphatic rings. The Morgan fingerprint density at radius 2 is 1.64 bits per heavy atom. The maximum Gasteiger partial charge on any atom is 0.242 e. The molecule has 0 N–H and O–H groups in total. The number of hydrogen-bond donors (Lipinski definition) is 0. The molecule has 0 aliphatic carbocycles. The van der Waals surface area contributed by atoms with E-state index in [0.717, 1.165) is 63.1 Å². The highest BCUT2D eigenvalue weighted by molar-refractivity contribution is 6.30. The van der Waals surface area contributed by atoms with Gasteiger partial charge in [-0.2, -0.15) is 0 Å². The normalized spacial score (nSPS) is 20.8. The van der Waals surface area contributed by atoms with Crippen LogP contribution in [0.4, 0.5) is 5.69 Å². The number of halogens is 1. The van der Waals surface area contributed by atoms with E-state index in [1.165, 1.54) is 0 Å². The highest BCUT2D eigenvalue weighted by Gasteiger charge is 2.39. The first-order valence-electron chi connectivity index (χ1n) is 9.11. The number of benzene rings is 1. The molecule has 6 heteroatoms. The van der Waals surface area contributed by atoms with Gasteiger partial charge in [-0.05, 0) is 39.1 Å². The summed E-state index contributed by atoms with van der Waals surface area (Å²) in [6, 6.07) is 7.94. The Bertz CT molecular complexity index is 605. The van der Waals surface area contributed by atoms with Crippen molar-refractivity contribution in [3.63, 3.8) is 0 Å². The van der Waals surface area contributed by atoms with Gasteiger partial charge in [-0.3, -0.25) is 9.69 Å². The van der Waals surface area contributed by atoms with E-state index in [0.29, 0.717) is 0 Å². The summed E-state index contributed by atoms with van der Waals surface area (Å²) in [5.74, 6) is 0.253. The molecule has 2 aliphatic heterocycles. The topological polar surface area (TPSA) is 30.0 Å². The number of piperazine rings is 2. The molecule has 138 valence electrons. The molecule has 0 bridgehead atoms. The number of hydrogen-bond acceptors (Lipinski definition) is 4. The minimum absolute atomic E-state index is 0.253. The quantitative estimate of drug-likeness (QED) is 0.820. The zero-order valence-corrected chi connectivity index (χ0v) is 16.3. The Kier molecular flexibility index (Phi) is 5.56. The predicted octanol–water partition coefficient (Wildman–Crippen LogP) is 2.01. The van der Waals surface area contributed by atoms with Gasteiger partial charge in [-0.15, -0.1) is 0 Å². The number of carbonyl (C=O) groups is 1. The number of amides is 1. The van der Waals surface area contributed by atoms with Crippen LogP contribution in [0.5, 0.6) is 0 Å². The second kappa shape index (κ2) is 7.52. The van der Waals surface area contributed by atoms with Crippen LogP contribution in [-0.4, -0.2) is 85.6 Å². The molecule has 2 saturated heterocycles. The molecule has 25 heavy (non-hydrogen) atoms. The molecule has 0 atom stereocenters. The third-order valence-electron chi connectivity index (χ3n) is 5.56. The lowest BCUT2D eigenvalue weighted by Crippen LogP contribution is -2.62. The lowest BCUT2D eigenvalue weighted by atomic mass is 9.98. The molecular formula is C19H29ClN4O. The number of rotatable bonds is 3. The monoisotopic (exact) mass is 364 g/mol. The molecular weight excluding hydrogens is 336 g/mol. The zero-order valence-electron chi connectivity index (χ0n) is 15.5. The van der Waals surface area contributed by atoms with Crippen molar-refractivity contribution in [2.75, 3.05) is 64.3 Å². The van der Waals surface area contributed by atoms with Gasteiger partial charge in [-0.1, -0.05) is 17.7 Å². The van der Waals surface area contributed by atoms with E-state index in [4.69, 9.17) is 11.6 Å². The van der Waals surface area contributed by atoms with Crippen LogP contribution in [0.1, 0.15) is 13.8 Å². The average Bonchev–Trinajstić information content (AvgIpc) is 2.61. The Balaban J connectivity index is 1.59. The Morgan fingerprint density at radius 3 is 2.24 bits per heavy atom. The summed E-state index contributed by atoms with van der Waals surface area (Å²) >= 11 is 6.10. The highest BCUT2D eigenvalue weighted by atomic mass is 35.5. The summed E-state index contributed by atoms with van der Waals surface area (Å²) < 4.78 is 0. The van der Waals surface area contributed by atoms with E-state index in [2.05, 4.69) is 41.7 Å². The van der Waals surface area contributed by atoms with Crippen molar-refractivity contribution in [3.05, 3.63) is 29.3 Å². The second-order valence-electron chi connectivity index (χ2n) is 7.61. The van der Waals surface area contributed by atoms with Gasteiger partial charge >= 0.3 is 0 Å². The smallest absolute Gasteiger partial charge is 0.242 e. The van der Waals surface area contributed by atoms with Gasteiger partial charge in [0.25, 0.3) is 0 Å². The fraction of sp³-hybridized carbons (Fsp3) is 0.632. The third kappa shape index (κ3) is 4.10. The molecule has 0 saturated carbocycles. The van der Waals surface area contributed by atoms with Crippen molar-refractivity contribution in [2.24, 2.45) is 0 Å². The molecule has 1 amide bonds. The first-order chi connectivity index (χ1) is 11.9. The summed E-state index contributed by atoms with van der Waals surface area (Å²) in [6.07, 6.45) is 0. The lowest BCUT2D eigenvalue weighted by molar-refractivity contribution is -0.144. The van der Waals surface area contributed by atoms with Gasteiger partial charge in [0.1, 0.15) is 0 Å². The van der Waals surface area contributed by atoms with Crippen LogP contribution in [0.25, 0.3) is 0 Å². The molecule has 2 heterocycles. The van der Waals surface area contributed by atoms with Gasteiger partial charge in [-0.25, -0.2) is 0 Å². The van der Waals surface area contributed by atoms with Crippen LogP contribution in [0.3, 0.4) is 0 Å². The number of likely N-dealkylation sites (N-methyl/N-ethyl adjacent to an activating group) is 1. The van der Waals surface area contributed by atoms with Gasteiger partial charge in [0.15, 0.2) is 0 Å². The van der Waals surface area contributed by atoms with E-state index in [1.54, 1.807) is 0 Å². The predicted molar refractivity (Wildman–Crippen MR) is 103 cm³/mol. The maximum absolute atomic E-state index is 13.1. The summed E-state index contributed by atoms with van der Waals surface area (Å²) in [5, 5.41) is 0.757. The Hall–Kier alpha value is -1.30. The molecule has 5 nitrogen and oxygen atoms in total. The van der Waals surface area contributed by atoms with Crippen molar-refractivity contribution in [2.45, 2.75) is 19.4 Å². The molecule has 0 spiro atoms. The Labute approximate surface area is 156 Å². The van der Waals surface area contributed by atoms with E-state index >= 15 is 0 Å². The largest absolute Gasteiger partial charge is 0.368 e. The first kappa shape index (κ1) is 18.5. The molecule has 0 aromatic heterocycles. The zero-order chi connectivity index (χ0) is 18.0. The van der Waals surface area contributed by atoms with Crippen molar-refractivity contribution in [1.82, 2.24) is 14.7 Å². The van der Waals surface area contributed by atoms with Crippen LogP contribution in [0.2, 0.25) is 5.02 Å². The molecule has 2 fully saturated rings. The molecule has 3 rings (SSSR count). The van der Waals surface area contributed by atoms with E-state index in [-0.39, 0.29) is 5.91 Å². The SMILES string of the molecule is CN1CCN(C(C)(C)C(=O)N2CCN(c3cccc(Cl)c3)CC2)CC1. The van der Waals surface area contributed by atoms with Crippen LogP contribution in [0.15, 0.2) is 24.3 Å². The number of nitrogens with zero attached hydrogens (tertiary/aromatic N) is 4. The second-order valence-corrected chi connectivity index (χ2v) is 8.04. The van der Waals surface area contributed by atoms with Crippen molar-refractivity contribution in [3.8, 4) is 0 Å². The highest BCUT2D eigenvalue weighted by Crippen LogP contribution is 2.24. The van der Waals surface area contributed by atoms with Crippen molar-refractivity contribution in [1.29, 1.82) is 0 Å². The van der Waals surface area contributed by atoms with Crippen LogP contribution < -0.4 is 4.90 Å². The van der Waals surface area contributed by atoms with E-state index < -0.39 is 5.54 Å².